The zero-order valence-electron chi connectivity index (χ0n) is 43.4. The standard InChI is InChI=1S/C56H96O15/c1-3-5-7-9-11-13-15-17-19-20-21-22-23-24-25-27-29-31-33-35-37-39-48(59)69-44(41-66-47(58)38-36-34-32-30-28-26-18-16-14-12-10-8-6-4-2)42-67-55-54(65)52(63)50(61)46(71-55)43-68-56-53(64)51(62)49(60)45(40-57)70-56/h5,7,11,13,16-19,21-22,44-46,49-57,60-65H,3-4,6,8-10,12,14-15,20,23-43H2,1-2H3/b7-5-,13-11-,18-16-,19-17-,22-21-. The smallest absolute Gasteiger partial charge is 0.306 e. The van der Waals surface area contributed by atoms with Crippen molar-refractivity contribution in [3.8, 4) is 0 Å². The van der Waals surface area contributed by atoms with Crippen LogP contribution in [-0.4, -0.2) is 142 Å². The summed E-state index contributed by atoms with van der Waals surface area (Å²) in [5.41, 5.74) is 0. The molecule has 2 aliphatic heterocycles. The van der Waals surface area contributed by atoms with E-state index < -0.39 is 92.7 Å². The molecule has 15 nitrogen and oxygen atoms in total. The molecule has 0 aromatic rings. The van der Waals surface area contributed by atoms with Crippen LogP contribution >= 0.6 is 0 Å². The number of ether oxygens (including phenoxy) is 6. The van der Waals surface area contributed by atoms with Gasteiger partial charge in [-0.1, -0.05) is 158 Å². The highest BCUT2D eigenvalue weighted by Gasteiger charge is 2.47. The second-order valence-electron chi connectivity index (χ2n) is 19.0. The molecule has 0 aromatic carbocycles. The Kier molecular flexibility index (Phi) is 38.5. The van der Waals surface area contributed by atoms with Gasteiger partial charge >= 0.3 is 11.9 Å². The molecule has 0 aromatic heterocycles. The van der Waals surface area contributed by atoms with E-state index in [9.17, 15) is 45.3 Å². The van der Waals surface area contributed by atoms with Gasteiger partial charge in [0.25, 0.3) is 0 Å². The fraction of sp³-hybridized carbons (Fsp3) is 0.786. The van der Waals surface area contributed by atoms with Gasteiger partial charge in [0.2, 0.25) is 0 Å². The molecule has 2 saturated heterocycles. The maximum atomic E-state index is 13.0. The SMILES string of the molecule is CC/C=C\C/C=C\C/C=C\C/C=C\CCCCCCCCCCC(=O)OC(COC(=O)CCCCCCC/C=C\CCCCCCC)COC1OC(COC2OC(CO)C(O)C(O)C2O)C(O)C(O)C1O. The van der Waals surface area contributed by atoms with Crippen LogP contribution in [0.15, 0.2) is 60.8 Å². The van der Waals surface area contributed by atoms with E-state index in [2.05, 4.69) is 74.6 Å². The Bertz CT molecular complexity index is 1470. The third-order valence-electron chi connectivity index (χ3n) is 12.7. The fourth-order valence-electron chi connectivity index (χ4n) is 8.26. The van der Waals surface area contributed by atoms with Gasteiger partial charge in [0, 0.05) is 12.8 Å². The first-order chi connectivity index (χ1) is 34.5. The summed E-state index contributed by atoms with van der Waals surface area (Å²) in [5.74, 6) is -0.945. The minimum atomic E-state index is -1.77. The van der Waals surface area contributed by atoms with Gasteiger partial charge in [-0.2, -0.15) is 0 Å². The molecule has 11 unspecified atom stereocenters. The molecule has 2 rings (SSSR count). The second kappa shape index (κ2) is 42.5. The second-order valence-corrected chi connectivity index (χ2v) is 19.0. The normalized spacial score (nSPS) is 25.6. The van der Waals surface area contributed by atoms with E-state index in [1.165, 1.54) is 51.4 Å². The lowest BCUT2D eigenvalue weighted by atomic mass is 9.98. The molecule has 7 N–H and O–H groups in total. The molecule has 2 fully saturated rings. The molecular weight excluding hydrogens is 913 g/mol. The molecule has 15 heteroatoms. The van der Waals surface area contributed by atoms with Crippen LogP contribution in [-0.2, 0) is 38.0 Å². The van der Waals surface area contributed by atoms with Crippen molar-refractivity contribution in [1.29, 1.82) is 0 Å². The summed E-state index contributed by atoms with van der Waals surface area (Å²) in [5, 5.41) is 72.2. The van der Waals surface area contributed by atoms with Gasteiger partial charge in [0.1, 0.15) is 55.4 Å². The van der Waals surface area contributed by atoms with Crippen molar-refractivity contribution in [2.45, 2.75) is 255 Å². The number of hydrogen-bond acceptors (Lipinski definition) is 15. The van der Waals surface area contributed by atoms with Crippen LogP contribution in [0.3, 0.4) is 0 Å². The summed E-state index contributed by atoms with van der Waals surface area (Å²) in [7, 11) is 0. The van der Waals surface area contributed by atoms with E-state index >= 15 is 0 Å². The monoisotopic (exact) mass is 1010 g/mol. The van der Waals surface area contributed by atoms with Crippen LogP contribution in [0.2, 0.25) is 0 Å². The molecule has 0 amide bonds. The lowest BCUT2D eigenvalue weighted by Crippen LogP contribution is -2.61. The number of hydrogen-bond donors (Lipinski definition) is 7. The van der Waals surface area contributed by atoms with Crippen LogP contribution in [0.4, 0.5) is 0 Å². The summed E-state index contributed by atoms with van der Waals surface area (Å²) in [6, 6.07) is 0. The third kappa shape index (κ3) is 30.2. The number of rotatable bonds is 42. The van der Waals surface area contributed by atoms with Crippen LogP contribution in [0.25, 0.3) is 0 Å². The lowest BCUT2D eigenvalue weighted by molar-refractivity contribution is -0.332. The summed E-state index contributed by atoms with van der Waals surface area (Å²) in [6.45, 7) is 2.45. The molecular formula is C56H96O15. The number of carbonyl (C=O) groups excluding carboxylic acids is 2. The van der Waals surface area contributed by atoms with Gasteiger partial charge < -0.3 is 64.2 Å². The van der Waals surface area contributed by atoms with Crippen LogP contribution in [0, 0.1) is 0 Å². The summed E-state index contributed by atoms with van der Waals surface area (Å²) in [4.78, 5) is 25.8. The molecule has 0 radical (unpaired) electrons. The number of aliphatic hydroxyl groups excluding tert-OH is 7. The van der Waals surface area contributed by atoms with Gasteiger partial charge in [0.15, 0.2) is 18.7 Å². The molecule has 0 saturated carbocycles. The van der Waals surface area contributed by atoms with E-state index in [4.69, 9.17) is 28.4 Å². The van der Waals surface area contributed by atoms with Gasteiger partial charge in [-0.25, -0.2) is 0 Å². The first-order valence-electron chi connectivity index (χ1n) is 27.4. The first-order valence-corrected chi connectivity index (χ1v) is 27.4. The Morgan fingerprint density at radius 2 is 0.887 bits per heavy atom. The quantitative estimate of drug-likeness (QED) is 0.0173. The topological polar surface area (TPSA) is 231 Å². The molecule has 0 aliphatic carbocycles. The Hall–Kier alpha value is -2.80. The predicted octanol–water partition coefficient (Wildman–Crippen LogP) is 8.44. The average Bonchev–Trinajstić information content (AvgIpc) is 3.36. The van der Waals surface area contributed by atoms with Crippen molar-refractivity contribution in [3.63, 3.8) is 0 Å². The summed E-state index contributed by atoms with van der Waals surface area (Å²) in [6.07, 6.45) is 32.4. The molecule has 410 valence electrons. The highest BCUT2D eigenvalue weighted by atomic mass is 16.7. The Balaban J connectivity index is 1.78. The van der Waals surface area contributed by atoms with Crippen LogP contribution in [0.1, 0.15) is 187 Å². The highest BCUT2D eigenvalue weighted by molar-refractivity contribution is 5.70. The van der Waals surface area contributed by atoms with Crippen molar-refractivity contribution in [2.24, 2.45) is 0 Å². The lowest BCUT2D eigenvalue weighted by Gasteiger charge is -2.42. The van der Waals surface area contributed by atoms with Crippen molar-refractivity contribution in [3.05, 3.63) is 60.8 Å². The zero-order valence-corrected chi connectivity index (χ0v) is 43.4. The van der Waals surface area contributed by atoms with Gasteiger partial charge in [-0.15, -0.1) is 0 Å². The van der Waals surface area contributed by atoms with E-state index in [1.807, 2.05) is 0 Å². The van der Waals surface area contributed by atoms with E-state index in [0.717, 1.165) is 96.3 Å². The molecule has 2 aliphatic rings. The number of esters is 2. The number of carbonyl (C=O) groups is 2. The Morgan fingerprint density at radius 1 is 0.465 bits per heavy atom. The van der Waals surface area contributed by atoms with Gasteiger partial charge in [-0.3, -0.25) is 9.59 Å². The van der Waals surface area contributed by atoms with Crippen LogP contribution < -0.4 is 0 Å². The Labute approximate surface area is 426 Å². The molecule has 71 heavy (non-hydrogen) atoms. The number of allylic oxidation sites excluding steroid dienone is 10. The third-order valence-corrected chi connectivity index (χ3v) is 12.7. The maximum absolute atomic E-state index is 13.0. The van der Waals surface area contributed by atoms with Crippen molar-refractivity contribution < 1.29 is 73.8 Å². The Morgan fingerprint density at radius 3 is 1.41 bits per heavy atom. The van der Waals surface area contributed by atoms with Crippen molar-refractivity contribution in [2.75, 3.05) is 26.4 Å². The number of unbranched alkanes of at least 4 members (excludes halogenated alkanes) is 18. The summed E-state index contributed by atoms with van der Waals surface area (Å²) >= 11 is 0. The van der Waals surface area contributed by atoms with Gasteiger partial charge in [-0.05, 0) is 77.0 Å². The molecule has 2 heterocycles. The van der Waals surface area contributed by atoms with Crippen LogP contribution in [0.5, 0.6) is 0 Å². The highest BCUT2D eigenvalue weighted by Crippen LogP contribution is 2.26. The fourth-order valence-corrected chi connectivity index (χ4v) is 8.26. The molecule has 11 atom stereocenters. The zero-order chi connectivity index (χ0) is 51.7. The van der Waals surface area contributed by atoms with E-state index in [-0.39, 0.29) is 26.1 Å². The minimum Gasteiger partial charge on any atom is -0.462 e. The molecule has 0 spiro atoms. The van der Waals surface area contributed by atoms with Gasteiger partial charge in [0.05, 0.1) is 19.8 Å². The predicted molar refractivity (Wildman–Crippen MR) is 275 cm³/mol. The first kappa shape index (κ1) is 64.3. The molecule has 0 bridgehead atoms. The average molecular weight is 1010 g/mol. The maximum Gasteiger partial charge on any atom is 0.306 e. The number of aliphatic hydroxyl groups is 7. The minimum absolute atomic E-state index is 0.152. The van der Waals surface area contributed by atoms with Crippen molar-refractivity contribution >= 4 is 11.9 Å². The van der Waals surface area contributed by atoms with Crippen molar-refractivity contribution in [1.82, 2.24) is 0 Å². The largest absolute Gasteiger partial charge is 0.462 e. The summed E-state index contributed by atoms with van der Waals surface area (Å²) < 4.78 is 33.6. The van der Waals surface area contributed by atoms with E-state index in [0.29, 0.717) is 12.8 Å². The van der Waals surface area contributed by atoms with E-state index in [1.54, 1.807) is 0 Å².